The summed E-state index contributed by atoms with van der Waals surface area (Å²) in [5.41, 5.74) is 4.12. The second-order valence-electron chi connectivity index (χ2n) is 17.5. The zero-order valence-electron chi connectivity index (χ0n) is 41.0. The molecule has 2 atom stereocenters. The van der Waals surface area contributed by atoms with Gasteiger partial charge < -0.3 is 31.7 Å². The molecule has 18 nitrogen and oxygen atoms in total. The van der Waals surface area contributed by atoms with Crippen LogP contribution in [0.15, 0.2) is 90.1 Å². The van der Waals surface area contributed by atoms with Gasteiger partial charge in [-0.15, -0.1) is 20.4 Å². The van der Waals surface area contributed by atoms with Crippen LogP contribution < -0.4 is 9.80 Å². The summed E-state index contributed by atoms with van der Waals surface area (Å²) in [5, 5.41) is 18.1. The predicted octanol–water partition coefficient (Wildman–Crippen LogP) is 8.48. The summed E-state index contributed by atoms with van der Waals surface area (Å²) in [4.78, 5) is 26.7. The van der Waals surface area contributed by atoms with Crippen LogP contribution in [0.4, 0.5) is 20.7 Å². The van der Waals surface area contributed by atoms with Crippen LogP contribution in [0.25, 0.3) is 56.0 Å². The third-order valence-electron chi connectivity index (χ3n) is 12.6. The number of hydrogen-bond acceptors (Lipinski definition) is 14. The number of aromatic nitrogens is 12. The van der Waals surface area contributed by atoms with Crippen molar-refractivity contribution in [3.63, 3.8) is 0 Å². The average Bonchev–Trinajstić information content (AvgIpc) is 4.15. The molecule has 0 amide bonds. The van der Waals surface area contributed by atoms with E-state index in [4.69, 9.17) is 29.4 Å². The Bertz CT molecular complexity index is 3500. The van der Waals surface area contributed by atoms with Crippen molar-refractivity contribution in [2.24, 2.45) is 0 Å². The molecule has 2 fully saturated rings. The van der Waals surface area contributed by atoms with Crippen molar-refractivity contribution >= 4 is 43.7 Å². The molecule has 22 heteroatoms. The summed E-state index contributed by atoms with van der Waals surface area (Å²) in [6, 6.07) is 19.5. The molecule has 0 radical (unpaired) electrons. The maximum atomic E-state index is 15.2. The van der Waals surface area contributed by atoms with Gasteiger partial charge in [0.15, 0.2) is 0 Å². The third-order valence-corrected chi connectivity index (χ3v) is 14.3. The van der Waals surface area contributed by atoms with Gasteiger partial charge in [-0.1, -0.05) is 25.1 Å². The van der Waals surface area contributed by atoms with Crippen LogP contribution in [0, 0.1) is 53.7 Å². The van der Waals surface area contributed by atoms with E-state index >= 15 is 4.39 Å². The Morgan fingerprint density at radius 1 is 0.630 bits per heavy atom. The van der Waals surface area contributed by atoms with Gasteiger partial charge in [-0.05, 0) is 97.0 Å². The number of morpholine rings is 2. The normalized spacial score (nSPS) is 15.8. The van der Waals surface area contributed by atoms with Crippen LogP contribution in [-0.2, 0) is 40.6 Å². The van der Waals surface area contributed by atoms with E-state index in [1.807, 2.05) is 62.8 Å². The summed E-state index contributed by atoms with van der Waals surface area (Å²) in [5.74, 6) is 4.06. The molecular formula is C51H57F2N14O4SW-. The van der Waals surface area contributed by atoms with Crippen molar-refractivity contribution in [3.05, 3.63) is 133 Å². The second-order valence-corrected chi connectivity index (χ2v) is 19.3. The molecule has 2 aliphatic rings. The molecule has 3 aromatic carbocycles. The third kappa shape index (κ3) is 10.4. The SMILES string of the molecule is C.Cc1ccc(S(=O)(=O)n2ccc3c(-c4cc(-n5c(C)nnc5C)nc(N5CCOC[C@H]5C)n4)cc(F)cc32)cc1.Cc1nnc(C)n1-c1cc(-c2cc(F)cc3[nH]ccc23)nc(N2CCOC[C@H]2C)n1.[CH3-].[W]. The molecule has 382 valence electrons. The monoisotopic (exact) mass is 1180 g/mol. The van der Waals surface area contributed by atoms with Gasteiger partial charge in [0.2, 0.25) is 11.9 Å². The first kappa shape index (κ1) is 54.0. The largest absolute Gasteiger partial charge is 0.377 e. The van der Waals surface area contributed by atoms with Crippen LogP contribution in [-0.4, -0.2) is 118 Å². The number of benzene rings is 3. The molecule has 11 rings (SSSR count). The van der Waals surface area contributed by atoms with Crippen molar-refractivity contribution in [2.45, 2.75) is 72.9 Å². The number of H-pyrrole nitrogens is 1. The summed E-state index contributed by atoms with van der Waals surface area (Å²) in [7, 11) is -3.97. The van der Waals surface area contributed by atoms with Crippen LogP contribution in [0.1, 0.15) is 50.1 Å². The standard InChI is InChI=1S/C28H28FN7O3S.C21H22FN7O.CH4.CH3.W/c1-17-5-7-22(8-6-17)40(37,38)35-10-9-23-24(13-21(29)14-26(23)35)25-15-27(36-19(3)32-33-20(36)4)31-28(30-25)34-11-12-39-16-18(34)2;1-12-11-30-7-6-28(12)21-24-19(10-20(25-21)29-13(2)26-27-14(29)3)17-8-15(22)9-18-16(17)4-5-23-18;;;/h5-10,13-15,18H,11-12,16H2,1-4H3;4-5,8-10,12,23H,6-7,11H2,1-3H3;1H4;1H3;/q;;;-1;/t18-;12-;;;/m11.../s1. The van der Waals surface area contributed by atoms with Gasteiger partial charge in [0.1, 0.15) is 46.6 Å². The quantitative estimate of drug-likeness (QED) is 0.142. The minimum Gasteiger partial charge on any atom is -0.377 e. The van der Waals surface area contributed by atoms with Crippen LogP contribution in [0.3, 0.4) is 0 Å². The number of rotatable bonds is 8. The van der Waals surface area contributed by atoms with Crippen LogP contribution in [0.5, 0.6) is 0 Å². The number of fused-ring (bicyclic) bond motifs is 2. The molecule has 2 aliphatic heterocycles. The fraction of sp³-hybridized carbons (Fsp3) is 0.314. The first-order chi connectivity index (χ1) is 33.6. The minimum absolute atomic E-state index is 0. The Kier molecular flexibility index (Phi) is 16.1. The zero-order valence-corrected chi connectivity index (χ0v) is 44.7. The minimum atomic E-state index is -3.97. The van der Waals surface area contributed by atoms with E-state index in [1.165, 1.54) is 30.5 Å². The van der Waals surface area contributed by atoms with Gasteiger partial charge in [0, 0.05) is 86.1 Å². The molecule has 73 heavy (non-hydrogen) atoms. The molecule has 0 spiro atoms. The Morgan fingerprint density at radius 2 is 1.11 bits per heavy atom. The van der Waals surface area contributed by atoms with Crippen LogP contribution >= 0.6 is 0 Å². The van der Waals surface area contributed by atoms with E-state index < -0.39 is 15.8 Å². The van der Waals surface area contributed by atoms with E-state index in [9.17, 15) is 12.8 Å². The molecule has 8 heterocycles. The Balaban J connectivity index is 0.000000213. The van der Waals surface area contributed by atoms with Crippen LogP contribution in [0.2, 0.25) is 0 Å². The Hall–Kier alpha value is -6.80. The predicted molar refractivity (Wildman–Crippen MR) is 273 cm³/mol. The number of nitrogens with one attached hydrogen (secondary N) is 1. The summed E-state index contributed by atoms with van der Waals surface area (Å²) in [6.45, 7) is 17.0. The fourth-order valence-electron chi connectivity index (χ4n) is 9.03. The number of halogens is 2. The van der Waals surface area contributed by atoms with Crippen molar-refractivity contribution in [2.75, 3.05) is 49.3 Å². The molecular weight excluding hydrogens is 1130 g/mol. The van der Waals surface area contributed by atoms with Gasteiger partial charge in [-0.2, -0.15) is 9.97 Å². The second kappa shape index (κ2) is 21.7. The van der Waals surface area contributed by atoms with E-state index in [0.717, 1.165) is 32.1 Å². The molecule has 9 aromatic rings. The molecule has 0 saturated carbocycles. The van der Waals surface area contributed by atoms with Gasteiger partial charge in [-0.3, -0.25) is 9.13 Å². The maximum absolute atomic E-state index is 15.2. The number of aromatic amines is 1. The van der Waals surface area contributed by atoms with E-state index in [-0.39, 0.29) is 64.2 Å². The van der Waals surface area contributed by atoms with E-state index in [1.54, 1.807) is 42.6 Å². The first-order valence-corrected chi connectivity index (χ1v) is 24.2. The smallest absolute Gasteiger partial charge is 0.268 e. The number of hydrogen-bond donors (Lipinski definition) is 1. The molecule has 6 aromatic heterocycles. The summed E-state index contributed by atoms with van der Waals surface area (Å²) >= 11 is 0. The zero-order chi connectivity index (χ0) is 49.0. The number of nitrogens with zero attached hydrogens (tertiary/aromatic N) is 13. The van der Waals surface area contributed by atoms with Crippen molar-refractivity contribution in [3.8, 4) is 34.2 Å². The molecule has 1 N–H and O–H groups in total. The Labute approximate surface area is 437 Å². The summed E-state index contributed by atoms with van der Waals surface area (Å²) in [6.07, 6.45) is 3.25. The number of anilines is 2. The average molecular weight is 1180 g/mol. The van der Waals surface area contributed by atoms with Gasteiger partial charge >= 0.3 is 0 Å². The first-order valence-electron chi connectivity index (χ1n) is 22.8. The van der Waals surface area contributed by atoms with Crippen molar-refractivity contribution < 1.29 is 47.7 Å². The molecule has 0 unspecified atom stereocenters. The van der Waals surface area contributed by atoms with Gasteiger partial charge in [-0.25, -0.2) is 31.1 Å². The summed E-state index contributed by atoms with van der Waals surface area (Å²) < 4.78 is 72.6. The topological polar surface area (TPSA) is 193 Å². The van der Waals surface area contributed by atoms with E-state index in [2.05, 4.69) is 42.1 Å². The molecule has 0 aliphatic carbocycles. The number of aryl methyl sites for hydroxylation is 5. The fourth-order valence-corrected chi connectivity index (χ4v) is 10.4. The van der Waals surface area contributed by atoms with Crippen molar-refractivity contribution in [1.29, 1.82) is 0 Å². The van der Waals surface area contributed by atoms with E-state index in [0.29, 0.717) is 103 Å². The van der Waals surface area contributed by atoms with Gasteiger partial charge in [0.05, 0.1) is 60.3 Å². The molecule has 2 saturated heterocycles. The number of ether oxygens (including phenoxy) is 2. The maximum Gasteiger partial charge on any atom is 0.268 e. The van der Waals surface area contributed by atoms with Gasteiger partial charge in [0.25, 0.3) is 10.0 Å². The molecule has 0 bridgehead atoms. The van der Waals surface area contributed by atoms with Crippen molar-refractivity contribution in [1.82, 2.24) is 58.4 Å². The Morgan fingerprint density at radius 3 is 1.60 bits per heavy atom.